The van der Waals surface area contributed by atoms with Crippen LogP contribution in [0.1, 0.15) is 34.1 Å². The number of rotatable bonds is 0. The molecule has 23 heavy (non-hydrogen) atoms. The van der Waals surface area contributed by atoms with Crippen LogP contribution in [-0.4, -0.2) is 5.97 Å². The number of benzene rings is 2. The second-order valence-corrected chi connectivity index (χ2v) is 7.26. The van der Waals surface area contributed by atoms with E-state index in [0.717, 1.165) is 0 Å². The van der Waals surface area contributed by atoms with Gasteiger partial charge >= 0.3 is 5.97 Å². The first-order valence-electron chi connectivity index (χ1n) is 7.63. The van der Waals surface area contributed by atoms with Crippen molar-refractivity contribution in [2.24, 2.45) is 11.8 Å². The minimum atomic E-state index is -0.243. The normalized spacial score (nSPS) is 29.7. The van der Waals surface area contributed by atoms with E-state index in [2.05, 4.69) is 24.3 Å². The van der Waals surface area contributed by atoms with E-state index < -0.39 is 0 Å². The maximum Gasteiger partial charge on any atom is 0.315 e. The molecular formula is C19H12Cl2O2. The summed E-state index contributed by atoms with van der Waals surface area (Å²) in [4.78, 5) is 12.6. The molecule has 0 unspecified atom stereocenters. The molecule has 2 atom stereocenters. The Hall–Kier alpha value is -1.77. The van der Waals surface area contributed by atoms with Crippen LogP contribution < -0.4 is 0 Å². The highest BCUT2D eigenvalue weighted by Crippen LogP contribution is 2.63. The molecule has 2 aromatic carbocycles. The van der Waals surface area contributed by atoms with Crippen molar-refractivity contribution < 1.29 is 9.53 Å². The molecule has 2 bridgehead atoms. The standard InChI is InChI=1S/C19H12Cl2O2/c20-18(21)17-15-13-9-5-1-3-7-11(9)14(16(15)19(22)23-17)12-8-4-2-6-10(12)13/h1-8,13-16H/t13?,14?,15-,16+/m1/s1. The van der Waals surface area contributed by atoms with Crippen molar-refractivity contribution in [2.75, 3.05) is 0 Å². The minimum absolute atomic E-state index is 0.00934. The second kappa shape index (κ2) is 4.62. The third kappa shape index (κ3) is 1.63. The third-order valence-electron chi connectivity index (χ3n) is 5.41. The van der Waals surface area contributed by atoms with Gasteiger partial charge in [0.25, 0.3) is 0 Å². The molecule has 0 saturated carbocycles. The summed E-state index contributed by atoms with van der Waals surface area (Å²) >= 11 is 12.1. The summed E-state index contributed by atoms with van der Waals surface area (Å²) in [6.45, 7) is 0. The fourth-order valence-electron chi connectivity index (χ4n) is 4.68. The van der Waals surface area contributed by atoms with E-state index in [1.54, 1.807) is 0 Å². The van der Waals surface area contributed by atoms with Gasteiger partial charge in [-0.2, -0.15) is 0 Å². The van der Waals surface area contributed by atoms with E-state index >= 15 is 0 Å². The molecule has 4 aliphatic rings. The van der Waals surface area contributed by atoms with Crippen LogP contribution in [-0.2, 0) is 9.53 Å². The van der Waals surface area contributed by atoms with Gasteiger partial charge in [0, 0.05) is 17.8 Å². The van der Waals surface area contributed by atoms with Crippen molar-refractivity contribution in [2.45, 2.75) is 11.8 Å². The van der Waals surface area contributed by atoms with Gasteiger partial charge in [-0.05, 0) is 22.3 Å². The topological polar surface area (TPSA) is 26.3 Å². The van der Waals surface area contributed by atoms with E-state index in [1.807, 2.05) is 24.3 Å². The van der Waals surface area contributed by atoms with Crippen LogP contribution >= 0.6 is 23.2 Å². The zero-order valence-electron chi connectivity index (χ0n) is 12.0. The Kier molecular flexibility index (Phi) is 2.74. The summed E-state index contributed by atoms with van der Waals surface area (Å²) in [6.07, 6.45) is 0. The molecular weight excluding hydrogens is 331 g/mol. The number of ether oxygens (including phenoxy) is 1. The molecule has 0 aromatic heterocycles. The Labute approximate surface area is 143 Å². The van der Waals surface area contributed by atoms with Crippen molar-refractivity contribution in [3.05, 3.63) is 81.0 Å². The third-order valence-corrected chi connectivity index (χ3v) is 5.78. The number of hydrogen-bond acceptors (Lipinski definition) is 2. The van der Waals surface area contributed by atoms with Crippen molar-refractivity contribution in [1.29, 1.82) is 0 Å². The summed E-state index contributed by atoms with van der Waals surface area (Å²) in [5, 5.41) is 0. The van der Waals surface area contributed by atoms with Crippen LogP contribution in [0.15, 0.2) is 58.8 Å². The first kappa shape index (κ1) is 13.6. The molecule has 2 aromatic rings. The monoisotopic (exact) mass is 342 g/mol. The predicted molar refractivity (Wildman–Crippen MR) is 88.4 cm³/mol. The van der Waals surface area contributed by atoms with Crippen LogP contribution in [0.3, 0.4) is 0 Å². The minimum Gasteiger partial charge on any atom is -0.428 e. The van der Waals surface area contributed by atoms with Crippen LogP contribution in [0.2, 0.25) is 0 Å². The molecule has 4 heteroatoms. The van der Waals surface area contributed by atoms with Gasteiger partial charge in [0.2, 0.25) is 0 Å². The summed E-state index contributed by atoms with van der Waals surface area (Å²) in [5.41, 5.74) is 4.95. The first-order chi connectivity index (χ1) is 11.2. The predicted octanol–water partition coefficient (Wildman–Crippen LogP) is 4.71. The highest BCUT2D eigenvalue weighted by atomic mass is 35.5. The number of carbonyl (C=O) groups is 1. The van der Waals surface area contributed by atoms with Gasteiger partial charge in [0.15, 0.2) is 0 Å². The van der Waals surface area contributed by atoms with Gasteiger partial charge < -0.3 is 4.74 Å². The average Bonchev–Trinajstić information content (AvgIpc) is 2.93. The van der Waals surface area contributed by atoms with Gasteiger partial charge in [-0.1, -0.05) is 71.7 Å². The van der Waals surface area contributed by atoms with E-state index in [9.17, 15) is 4.79 Å². The van der Waals surface area contributed by atoms with Crippen molar-refractivity contribution >= 4 is 29.2 Å². The van der Waals surface area contributed by atoms with Crippen molar-refractivity contribution in [3.63, 3.8) is 0 Å². The molecule has 2 nitrogen and oxygen atoms in total. The number of carbonyl (C=O) groups excluding carboxylic acids is 1. The van der Waals surface area contributed by atoms with Crippen LogP contribution in [0.5, 0.6) is 0 Å². The lowest BCUT2D eigenvalue weighted by Gasteiger charge is -2.46. The number of halogens is 2. The van der Waals surface area contributed by atoms with Crippen molar-refractivity contribution in [1.82, 2.24) is 0 Å². The fourth-order valence-corrected chi connectivity index (χ4v) is 5.01. The second-order valence-electron chi connectivity index (χ2n) is 6.31. The largest absolute Gasteiger partial charge is 0.428 e. The van der Waals surface area contributed by atoms with Crippen LogP contribution in [0.4, 0.5) is 0 Å². The lowest BCUT2D eigenvalue weighted by Crippen LogP contribution is -2.40. The summed E-state index contributed by atoms with van der Waals surface area (Å²) < 4.78 is 5.55. The van der Waals surface area contributed by atoms with Crippen LogP contribution in [0.25, 0.3) is 0 Å². The Morgan fingerprint density at radius 2 is 1.22 bits per heavy atom. The van der Waals surface area contributed by atoms with E-state index in [4.69, 9.17) is 27.9 Å². The van der Waals surface area contributed by atoms with E-state index in [-0.39, 0.29) is 34.1 Å². The Morgan fingerprint density at radius 1 is 0.783 bits per heavy atom. The molecule has 1 aliphatic heterocycles. The number of cyclic esters (lactones) is 1. The van der Waals surface area contributed by atoms with Gasteiger partial charge in [-0.3, -0.25) is 4.79 Å². The molecule has 1 heterocycles. The number of esters is 1. The van der Waals surface area contributed by atoms with E-state index in [1.165, 1.54) is 22.3 Å². The van der Waals surface area contributed by atoms with Gasteiger partial charge in [-0.15, -0.1) is 0 Å². The number of hydrogen-bond donors (Lipinski definition) is 0. The smallest absolute Gasteiger partial charge is 0.315 e. The van der Waals surface area contributed by atoms with E-state index in [0.29, 0.717) is 5.76 Å². The Bertz CT molecular complexity index is 835. The molecule has 0 spiro atoms. The maximum absolute atomic E-state index is 12.6. The zero-order chi connectivity index (χ0) is 15.7. The highest BCUT2D eigenvalue weighted by molar-refractivity contribution is 6.56. The Balaban J connectivity index is 1.86. The summed E-state index contributed by atoms with van der Waals surface area (Å²) in [6, 6.07) is 16.7. The molecule has 0 radical (unpaired) electrons. The van der Waals surface area contributed by atoms with Crippen LogP contribution in [0, 0.1) is 11.8 Å². The molecule has 0 N–H and O–H groups in total. The number of allylic oxidation sites excluding steroid dienone is 1. The lowest BCUT2D eigenvalue weighted by molar-refractivity contribution is -0.139. The molecule has 0 amide bonds. The SMILES string of the molecule is O=C1OC(=C(Cl)Cl)[C@@H]2C3c4ccccc4C(c4ccccc43)[C@H]12. The van der Waals surface area contributed by atoms with Gasteiger partial charge in [0.05, 0.1) is 5.92 Å². The van der Waals surface area contributed by atoms with Gasteiger partial charge in [-0.25, -0.2) is 0 Å². The van der Waals surface area contributed by atoms with Gasteiger partial charge in [0.1, 0.15) is 10.3 Å². The first-order valence-corrected chi connectivity index (χ1v) is 8.38. The molecule has 1 fully saturated rings. The average molecular weight is 343 g/mol. The lowest BCUT2D eigenvalue weighted by atomic mass is 9.54. The maximum atomic E-state index is 12.6. The zero-order valence-corrected chi connectivity index (χ0v) is 13.5. The molecule has 1 saturated heterocycles. The summed E-state index contributed by atoms with van der Waals surface area (Å²) in [7, 11) is 0. The molecule has 114 valence electrons. The summed E-state index contributed by atoms with van der Waals surface area (Å²) in [5.74, 6) is -0.0684. The Morgan fingerprint density at radius 3 is 1.65 bits per heavy atom. The fraction of sp³-hybridized carbons (Fsp3) is 0.211. The quantitative estimate of drug-likeness (QED) is 0.648. The highest BCUT2D eigenvalue weighted by Gasteiger charge is 2.59. The molecule has 6 rings (SSSR count). The molecule has 3 aliphatic carbocycles. The van der Waals surface area contributed by atoms with Crippen molar-refractivity contribution in [3.8, 4) is 0 Å².